The molecular formula is C7H5FN2S. The summed E-state index contributed by atoms with van der Waals surface area (Å²) in [6, 6.07) is 5.22. The predicted molar refractivity (Wildman–Crippen MR) is 43.3 cm³/mol. The third-order valence-corrected chi connectivity index (χ3v) is 1.71. The highest BCUT2D eigenvalue weighted by atomic mass is 32.1. The molecule has 0 radical (unpaired) electrons. The van der Waals surface area contributed by atoms with E-state index in [9.17, 15) is 4.39 Å². The van der Waals surface area contributed by atoms with Gasteiger partial charge in [-0.15, -0.1) is 12.6 Å². The Labute approximate surface area is 67.9 Å². The molecule has 2 aromatic rings. The molecule has 1 N–H and O–H groups in total. The maximum Gasteiger partial charge on any atom is 0.287 e. The van der Waals surface area contributed by atoms with E-state index in [-0.39, 0.29) is 0 Å². The first-order valence-electron chi connectivity index (χ1n) is 3.10. The SMILES string of the molecule is Fc1nc2ccc(S)cc2[nH]1. The lowest BCUT2D eigenvalue weighted by atomic mass is 10.3. The van der Waals surface area contributed by atoms with Crippen LogP contribution in [0.25, 0.3) is 11.0 Å². The molecule has 0 aliphatic carbocycles. The van der Waals surface area contributed by atoms with E-state index in [4.69, 9.17) is 0 Å². The van der Waals surface area contributed by atoms with Gasteiger partial charge in [0.2, 0.25) is 0 Å². The molecule has 0 amide bonds. The zero-order valence-corrected chi connectivity index (χ0v) is 6.40. The molecule has 56 valence electrons. The van der Waals surface area contributed by atoms with Gasteiger partial charge in [0.25, 0.3) is 6.08 Å². The van der Waals surface area contributed by atoms with Gasteiger partial charge < -0.3 is 4.98 Å². The lowest BCUT2D eigenvalue weighted by molar-refractivity contribution is 0.556. The maximum absolute atomic E-state index is 12.5. The Bertz CT molecular complexity index is 396. The molecule has 0 saturated heterocycles. The van der Waals surface area contributed by atoms with Crippen LogP contribution in [0.5, 0.6) is 0 Å². The molecule has 0 spiro atoms. The first-order chi connectivity index (χ1) is 5.25. The largest absolute Gasteiger partial charge is 0.314 e. The molecule has 2 nitrogen and oxygen atoms in total. The Morgan fingerprint density at radius 2 is 2.27 bits per heavy atom. The monoisotopic (exact) mass is 168 g/mol. The Balaban J connectivity index is 2.82. The van der Waals surface area contributed by atoms with E-state index < -0.39 is 6.08 Å². The third kappa shape index (κ3) is 1.09. The number of aromatic nitrogens is 2. The van der Waals surface area contributed by atoms with Crippen LogP contribution >= 0.6 is 12.6 Å². The highest BCUT2D eigenvalue weighted by Crippen LogP contribution is 2.14. The number of rotatable bonds is 0. The van der Waals surface area contributed by atoms with Crippen LogP contribution in [0, 0.1) is 6.08 Å². The quantitative estimate of drug-likeness (QED) is 0.578. The van der Waals surface area contributed by atoms with Crippen LogP contribution in [0.1, 0.15) is 0 Å². The average Bonchev–Trinajstić information content (AvgIpc) is 2.27. The van der Waals surface area contributed by atoms with Crippen molar-refractivity contribution in [2.45, 2.75) is 4.90 Å². The summed E-state index contributed by atoms with van der Waals surface area (Å²) in [7, 11) is 0. The van der Waals surface area contributed by atoms with Crippen molar-refractivity contribution in [2.75, 3.05) is 0 Å². The van der Waals surface area contributed by atoms with E-state index in [1.165, 1.54) is 0 Å². The number of hydrogen-bond acceptors (Lipinski definition) is 2. The Kier molecular flexibility index (Phi) is 1.35. The molecule has 11 heavy (non-hydrogen) atoms. The topological polar surface area (TPSA) is 28.7 Å². The fourth-order valence-electron chi connectivity index (χ4n) is 0.966. The van der Waals surface area contributed by atoms with Crippen molar-refractivity contribution in [3.8, 4) is 0 Å². The zero-order valence-electron chi connectivity index (χ0n) is 5.50. The summed E-state index contributed by atoms with van der Waals surface area (Å²) in [4.78, 5) is 6.86. The molecule has 1 aromatic carbocycles. The molecule has 1 heterocycles. The Morgan fingerprint density at radius 3 is 3.09 bits per heavy atom. The number of aromatic amines is 1. The first-order valence-corrected chi connectivity index (χ1v) is 3.55. The molecule has 0 aliphatic rings. The van der Waals surface area contributed by atoms with E-state index >= 15 is 0 Å². The van der Waals surface area contributed by atoms with Crippen molar-refractivity contribution >= 4 is 23.7 Å². The summed E-state index contributed by atoms with van der Waals surface area (Å²) in [5, 5.41) is 0. The Morgan fingerprint density at radius 1 is 1.45 bits per heavy atom. The molecule has 2 rings (SSSR count). The van der Waals surface area contributed by atoms with Crippen molar-refractivity contribution < 1.29 is 4.39 Å². The van der Waals surface area contributed by atoms with Gasteiger partial charge >= 0.3 is 0 Å². The number of hydrogen-bond donors (Lipinski definition) is 2. The number of imidazole rings is 1. The molecule has 0 saturated carbocycles. The minimum atomic E-state index is -0.557. The molecule has 0 unspecified atom stereocenters. The van der Waals surface area contributed by atoms with Crippen molar-refractivity contribution in [2.24, 2.45) is 0 Å². The normalized spacial score (nSPS) is 10.7. The van der Waals surface area contributed by atoms with E-state index in [2.05, 4.69) is 22.6 Å². The summed E-state index contributed by atoms with van der Waals surface area (Å²) < 4.78 is 12.5. The predicted octanol–water partition coefficient (Wildman–Crippen LogP) is 1.99. The smallest absolute Gasteiger partial charge is 0.287 e. The van der Waals surface area contributed by atoms with E-state index in [1.807, 2.05) is 0 Å². The van der Waals surface area contributed by atoms with E-state index in [0.29, 0.717) is 11.0 Å². The second-order valence-corrected chi connectivity index (χ2v) is 2.75. The summed E-state index contributed by atoms with van der Waals surface area (Å²) >= 11 is 4.10. The molecule has 0 atom stereocenters. The van der Waals surface area contributed by atoms with Crippen LogP contribution in [0.2, 0.25) is 0 Å². The van der Waals surface area contributed by atoms with Crippen LogP contribution in [-0.2, 0) is 0 Å². The first kappa shape index (κ1) is 6.67. The molecular weight excluding hydrogens is 163 g/mol. The molecule has 0 aliphatic heterocycles. The Hall–Kier alpha value is -1.03. The molecule has 4 heteroatoms. The van der Waals surface area contributed by atoms with Gasteiger partial charge in [-0.1, -0.05) is 0 Å². The summed E-state index contributed by atoms with van der Waals surface area (Å²) in [6.45, 7) is 0. The standard InChI is InChI=1S/C7H5FN2S/c8-7-9-5-2-1-4(11)3-6(5)10-7/h1-3,11H,(H,9,10). The van der Waals surface area contributed by atoms with Gasteiger partial charge in [0.05, 0.1) is 11.0 Å². The van der Waals surface area contributed by atoms with Crippen LogP contribution in [0.4, 0.5) is 4.39 Å². The van der Waals surface area contributed by atoms with Crippen molar-refractivity contribution in [1.29, 1.82) is 0 Å². The highest BCUT2D eigenvalue weighted by molar-refractivity contribution is 7.80. The number of nitrogens with zero attached hydrogens (tertiary/aromatic N) is 1. The van der Waals surface area contributed by atoms with Crippen molar-refractivity contribution in [3.05, 3.63) is 24.3 Å². The van der Waals surface area contributed by atoms with Crippen LogP contribution in [0.3, 0.4) is 0 Å². The fraction of sp³-hybridized carbons (Fsp3) is 0. The number of fused-ring (bicyclic) bond motifs is 1. The third-order valence-electron chi connectivity index (χ3n) is 1.44. The second kappa shape index (κ2) is 2.23. The van der Waals surface area contributed by atoms with Gasteiger partial charge in [0, 0.05) is 4.90 Å². The van der Waals surface area contributed by atoms with Gasteiger partial charge in [-0.25, -0.2) is 4.98 Å². The number of halogens is 1. The molecule has 0 bridgehead atoms. The van der Waals surface area contributed by atoms with Crippen molar-refractivity contribution in [1.82, 2.24) is 9.97 Å². The number of nitrogens with one attached hydrogen (secondary N) is 1. The van der Waals surface area contributed by atoms with Crippen molar-refractivity contribution in [3.63, 3.8) is 0 Å². The van der Waals surface area contributed by atoms with Gasteiger partial charge in [-0.05, 0) is 18.2 Å². The number of H-pyrrole nitrogens is 1. The minimum Gasteiger partial charge on any atom is -0.314 e. The van der Waals surface area contributed by atoms with Gasteiger partial charge in [-0.3, -0.25) is 0 Å². The van der Waals surface area contributed by atoms with Crippen LogP contribution < -0.4 is 0 Å². The van der Waals surface area contributed by atoms with Crippen LogP contribution in [-0.4, -0.2) is 9.97 Å². The van der Waals surface area contributed by atoms with Crippen LogP contribution in [0.15, 0.2) is 23.1 Å². The molecule has 0 fully saturated rings. The lowest BCUT2D eigenvalue weighted by Gasteiger charge is -1.88. The number of thiol groups is 1. The minimum absolute atomic E-state index is 0.557. The van der Waals surface area contributed by atoms with E-state index in [0.717, 1.165) is 4.90 Å². The number of benzene rings is 1. The summed E-state index contributed by atoms with van der Waals surface area (Å²) in [5.74, 6) is 0. The summed E-state index contributed by atoms with van der Waals surface area (Å²) in [6.07, 6.45) is -0.557. The van der Waals surface area contributed by atoms with Gasteiger partial charge in [-0.2, -0.15) is 4.39 Å². The maximum atomic E-state index is 12.5. The summed E-state index contributed by atoms with van der Waals surface area (Å²) in [5.41, 5.74) is 1.30. The lowest BCUT2D eigenvalue weighted by Crippen LogP contribution is -1.69. The van der Waals surface area contributed by atoms with Gasteiger partial charge in [0.15, 0.2) is 0 Å². The zero-order chi connectivity index (χ0) is 7.84. The second-order valence-electron chi connectivity index (χ2n) is 2.23. The fourth-order valence-corrected chi connectivity index (χ4v) is 1.17. The highest BCUT2D eigenvalue weighted by Gasteiger charge is 1.99. The van der Waals surface area contributed by atoms with Gasteiger partial charge in [0.1, 0.15) is 0 Å². The average molecular weight is 168 g/mol. The molecule has 1 aromatic heterocycles. The van der Waals surface area contributed by atoms with E-state index in [1.54, 1.807) is 18.2 Å².